The highest BCUT2D eigenvalue weighted by Crippen LogP contribution is 2.24. The third kappa shape index (κ3) is 4.21. The van der Waals surface area contributed by atoms with Crippen LogP contribution in [0.15, 0.2) is 60.7 Å². The molecule has 2 aromatic carbocycles. The fourth-order valence-electron chi connectivity index (χ4n) is 2.40. The summed E-state index contributed by atoms with van der Waals surface area (Å²) in [4.78, 5) is 20.2. The maximum Gasteiger partial charge on any atom is 0.320 e. The molecule has 0 saturated carbocycles. The second kappa shape index (κ2) is 7.42. The summed E-state index contributed by atoms with van der Waals surface area (Å²) in [5.74, 6) is -0.557. The lowest BCUT2D eigenvalue weighted by molar-refractivity contribution is -0.138. The van der Waals surface area contributed by atoms with Crippen LogP contribution in [0, 0.1) is 0 Å². The smallest absolute Gasteiger partial charge is 0.320 e. The van der Waals surface area contributed by atoms with E-state index >= 15 is 0 Å². The van der Waals surface area contributed by atoms with Gasteiger partial charge in [0.05, 0.1) is 5.69 Å². The molecule has 1 aromatic heterocycles. The first kappa shape index (κ1) is 17.1. The average Bonchev–Trinajstić information content (AvgIpc) is 2.62. The molecule has 0 unspecified atom stereocenters. The van der Waals surface area contributed by atoms with Gasteiger partial charge in [-0.3, -0.25) is 4.79 Å². The van der Waals surface area contributed by atoms with Crippen molar-refractivity contribution < 1.29 is 9.90 Å². The molecular formula is C19H16ClN3O2. The van der Waals surface area contributed by atoms with E-state index in [0.717, 1.165) is 11.1 Å². The zero-order chi connectivity index (χ0) is 17.8. The third-order valence-electron chi connectivity index (χ3n) is 3.70. The SMILES string of the molecule is N[C@@H](Cc1cc(-c2ccccc2)nc(-c2ccc(Cl)cc2)n1)C(=O)O. The first-order valence-corrected chi connectivity index (χ1v) is 8.08. The number of benzene rings is 2. The largest absolute Gasteiger partial charge is 0.480 e. The first-order chi connectivity index (χ1) is 12.0. The van der Waals surface area contributed by atoms with Gasteiger partial charge in [-0.05, 0) is 30.3 Å². The van der Waals surface area contributed by atoms with Crippen LogP contribution in [-0.4, -0.2) is 27.1 Å². The minimum Gasteiger partial charge on any atom is -0.480 e. The van der Waals surface area contributed by atoms with Crippen LogP contribution >= 0.6 is 11.6 Å². The Hall–Kier alpha value is -2.76. The van der Waals surface area contributed by atoms with E-state index in [1.165, 1.54) is 0 Å². The summed E-state index contributed by atoms with van der Waals surface area (Å²) in [6.07, 6.45) is 0.123. The van der Waals surface area contributed by atoms with Crippen LogP contribution in [0.1, 0.15) is 5.69 Å². The second-order valence-corrected chi connectivity index (χ2v) is 6.03. The summed E-state index contributed by atoms with van der Waals surface area (Å²) >= 11 is 5.94. The van der Waals surface area contributed by atoms with E-state index in [4.69, 9.17) is 22.4 Å². The van der Waals surface area contributed by atoms with Gasteiger partial charge in [-0.1, -0.05) is 41.9 Å². The monoisotopic (exact) mass is 353 g/mol. The summed E-state index contributed by atoms with van der Waals surface area (Å²) in [5, 5.41) is 9.68. The predicted octanol–water partition coefficient (Wildman–Crippen LogP) is 3.42. The summed E-state index contributed by atoms with van der Waals surface area (Å²) in [5.41, 5.74) is 8.68. The van der Waals surface area contributed by atoms with E-state index in [1.54, 1.807) is 18.2 Å². The van der Waals surface area contributed by atoms with E-state index in [2.05, 4.69) is 9.97 Å². The highest BCUT2D eigenvalue weighted by Gasteiger charge is 2.16. The molecule has 1 atom stereocenters. The molecule has 6 heteroatoms. The first-order valence-electron chi connectivity index (χ1n) is 7.70. The maximum atomic E-state index is 11.1. The number of nitrogens with zero attached hydrogens (tertiary/aromatic N) is 2. The normalized spacial score (nSPS) is 11.9. The molecule has 25 heavy (non-hydrogen) atoms. The lowest BCUT2D eigenvalue weighted by Gasteiger charge is -2.11. The van der Waals surface area contributed by atoms with E-state index in [1.807, 2.05) is 42.5 Å². The molecule has 1 heterocycles. The van der Waals surface area contributed by atoms with E-state index in [9.17, 15) is 4.79 Å². The Balaban J connectivity index is 2.07. The molecule has 5 nitrogen and oxygen atoms in total. The fraction of sp³-hybridized carbons (Fsp3) is 0.105. The quantitative estimate of drug-likeness (QED) is 0.733. The molecule has 0 amide bonds. The van der Waals surface area contributed by atoms with Crippen molar-refractivity contribution in [3.63, 3.8) is 0 Å². The molecule has 0 bridgehead atoms. The van der Waals surface area contributed by atoms with Gasteiger partial charge >= 0.3 is 5.97 Å². The number of rotatable bonds is 5. The third-order valence-corrected chi connectivity index (χ3v) is 3.95. The van der Waals surface area contributed by atoms with Crippen molar-refractivity contribution in [3.05, 3.63) is 71.4 Å². The molecule has 0 aliphatic carbocycles. The van der Waals surface area contributed by atoms with Crippen LogP contribution in [0.2, 0.25) is 5.02 Å². The van der Waals surface area contributed by atoms with Gasteiger partial charge in [0.1, 0.15) is 6.04 Å². The van der Waals surface area contributed by atoms with Crippen molar-refractivity contribution in [2.75, 3.05) is 0 Å². The van der Waals surface area contributed by atoms with Crippen LogP contribution in [0.5, 0.6) is 0 Å². The Labute approximate surface area is 150 Å². The van der Waals surface area contributed by atoms with E-state index < -0.39 is 12.0 Å². The van der Waals surface area contributed by atoms with Crippen molar-refractivity contribution in [3.8, 4) is 22.6 Å². The maximum absolute atomic E-state index is 11.1. The summed E-state index contributed by atoms with van der Waals surface area (Å²) in [6.45, 7) is 0. The predicted molar refractivity (Wildman–Crippen MR) is 97.2 cm³/mol. The Kier molecular flexibility index (Phi) is 5.07. The lowest BCUT2D eigenvalue weighted by Crippen LogP contribution is -2.32. The number of nitrogens with two attached hydrogens (primary N) is 1. The van der Waals surface area contributed by atoms with Gasteiger partial charge in [-0.15, -0.1) is 0 Å². The van der Waals surface area contributed by atoms with Crippen LogP contribution in [0.25, 0.3) is 22.6 Å². The van der Waals surface area contributed by atoms with Crippen LogP contribution < -0.4 is 5.73 Å². The van der Waals surface area contributed by atoms with E-state index in [-0.39, 0.29) is 6.42 Å². The van der Waals surface area contributed by atoms with Crippen LogP contribution in [-0.2, 0) is 11.2 Å². The molecule has 0 fully saturated rings. The summed E-state index contributed by atoms with van der Waals surface area (Å²) in [7, 11) is 0. The summed E-state index contributed by atoms with van der Waals surface area (Å²) in [6, 6.07) is 17.6. The Morgan fingerprint density at radius 2 is 1.72 bits per heavy atom. The highest BCUT2D eigenvalue weighted by atomic mass is 35.5. The van der Waals surface area contributed by atoms with Crippen molar-refractivity contribution in [1.82, 2.24) is 9.97 Å². The van der Waals surface area contributed by atoms with Gasteiger partial charge < -0.3 is 10.8 Å². The standard InChI is InChI=1S/C19H16ClN3O2/c20-14-8-6-13(7-9-14)18-22-15(10-16(21)19(24)25)11-17(23-18)12-4-2-1-3-5-12/h1-9,11,16H,10,21H2,(H,24,25)/t16-/m0/s1. The topological polar surface area (TPSA) is 89.1 Å². The number of carboxylic acids is 1. The van der Waals surface area contributed by atoms with Gasteiger partial charge in [0.2, 0.25) is 0 Å². The number of aliphatic carboxylic acids is 1. The van der Waals surface area contributed by atoms with Gasteiger partial charge in [-0.2, -0.15) is 0 Å². The van der Waals surface area contributed by atoms with Crippen molar-refractivity contribution in [2.24, 2.45) is 5.73 Å². The molecule has 0 radical (unpaired) electrons. The lowest BCUT2D eigenvalue weighted by atomic mass is 10.1. The van der Waals surface area contributed by atoms with E-state index in [0.29, 0.717) is 22.2 Å². The van der Waals surface area contributed by atoms with Gasteiger partial charge in [-0.25, -0.2) is 9.97 Å². The van der Waals surface area contributed by atoms with Crippen molar-refractivity contribution in [1.29, 1.82) is 0 Å². The van der Waals surface area contributed by atoms with Gasteiger partial charge in [0, 0.05) is 28.3 Å². The fourth-order valence-corrected chi connectivity index (χ4v) is 2.53. The number of aromatic nitrogens is 2. The molecule has 3 aromatic rings. The zero-order valence-corrected chi connectivity index (χ0v) is 14.0. The molecule has 3 N–H and O–H groups in total. The molecular weight excluding hydrogens is 338 g/mol. The zero-order valence-electron chi connectivity index (χ0n) is 13.3. The van der Waals surface area contributed by atoms with Gasteiger partial charge in [0.25, 0.3) is 0 Å². The highest BCUT2D eigenvalue weighted by molar-refractivity contribution is 6.30. The van der Waals surface area contributed by atoms with Crippen molar-refractivity contribution >= 4 is 17.6 Å². The van der Waals surface area contributed by atoms with Crippen molar-refractivity contribution in [2.45, 2.75) is 12.5 Å². The molecule has 0 aliphatic heterocycles. The number of halogens is 1. The number of hydrogen-bond acceptors (Lipinski definition) is 4. The average molecular weight is 354 g/mol. The summed E-state index contributed by atoms with van der Waals surface area (Å²) < 4.78 is 0. The Bertz CT molecular complexity index is 883. The Morgan fingerprint density at radius 1 is 1.04 bits per heavy atom. The Morgan fingerprint density at radius 3 is 2.36 bits per heavy atom. The second-order valence-electron chi connectivity index (χ2n) is 5.59. The molecule has 0 saturated heterocycles. The number of carboxylic acid groups (broad SMARTS) is 1. The van der Waals surface area contributed by atoms with Gasteiger partial charge in [0.15, 0.2) is 5.82 Å². The number of hydrogen-bond donors (Lipinski definition) is 2. The minimum atomic E-state index is -1.06. The van der Waals surface area contributed by atoms with Crippen LogP contribution in [0.3, 0.4) is 0 Å². The molecule has 0 aliphatic rings. The molecule has 0 spiro atoms. The van der Waals surface area contributed by atoms with Crippen LogP contribution in [0.4, 0.5) is 0 Å². The number of carbonyl (C=O) groups is 1. The minimum absolute atomic E-state index is 0.123. The molecule has 3 rings (SSSR count). The molecule has 126 valence electrons.